The second kappa shape index (κ2) is 9.86. The van der Waals surface area contributed by atoms with Gasteiger partial charge in [-0.15, -0.1) is 0 Å². The summed E-state index contributed by atoms with van der Waals surface area (Å²) in [6.07, 6.45) is 6.06. The largest absolute Gasteiger partial charge is 0.842 e. The van der Waals surface area contributed by atoms with Crippen LogP contribution < -0.4 is 15.2 Å². The molecule has 5 heterocycles. The van der Waals surface area contributed by atoms with E-state index >= 15 is 0 Å². The Kier molecular flexibility index (Phi) is 6.08. The van der Waals surface area contributed by atoms with Crippen molar-refractivity contribution < 1.29 is 18.5 Å². The van der Waals surface area contributed by atoms with Crippen molar-refractivity contribution in [2.24, 2.45) is 0 Å². The van der Waals surface area contributed by atoms with E-state index in [0.29, 0.717) is 33.6 Å². The minimum Gasteiger partial charge on any atom is -0.842 e. The lowest BCUT2D eigenvalue weighted by Crippen LogP contribution is -2.44. The molecule has 1 aromatic carbocycles. The van der Waals surface area contributed by atoms with Gasteiger partial charge in [0.1, 0.15) is 12.1 Å². The summed E-state index contributed by atoms with van der Waals surface area (Å²) in [6, 6.07) is 21.5. The quantitative estimate of drug-likeness (QED) is 0.252. The standard InChI is InChI=1S/C30H19F2N5O2/c31-25-11-8-22(16-34-25)20-4-3-5-21(14-20)28-29(38)36-13-2-1-6-27(36)37(30(28)39)18-19-7-10-24(33-15-19)23-9-12-26(32)35-17-23/h1-17H,18H2. The van der Waals surface area contributed by atoms with E-state index in [9.17, 15) is 18.7 Å². The summed E-state index contributed by atoms with van der Waals surface area (Å²) in [6.45, 7) is 0.163. The van der Waals surface area contributed by atoms with Crippen LogP contribution in [0.2, 0.25) is 0 Å². The van der Waals surface area contributed by atoms with E-state index in [1.54, 1.807) is 73.1 Å². The molecule has 0 N–H and O–H groups in total. The molecule has 6 rings (SSSR count). The van der Waals surface area contributed by atoms with Gasteiger partial charge in [0, 0.05) is 41.3 Å². The summed E-state index contributed by atoms with van der Waals surface area (Å²) in [4.78, 5) is 25.3. The second-order valence-electron chi connectivity index (χ2n) is 8.87. The van der Waals surface area contributed by atoms with Crippen LogP contribution in [-0.4, -0.2) is 19.4 Å². The molecule has 39 heavy (non-hydrogen) atoms. The molecule has 0 amide bonds. The monoisotopic (exact) mass is 519 g/mol. The van der Waals surface area contributed by atoms with Crippen LogP contribution in [0.15, 0.2) is 108 Å². The molecule has 0 unspecified atom stereocenters. The molecule has 5 aromatic heterocycles. The number of rotatable bonds is 5. The zero-order chi connectivity index (χ0) is 26.9. The molecule has 7 nitrogen and oxygen atoms in total. The first-order valence-electron chi connectivity index (χ1n) is 12.0. The molecule has 0 atom stereocenters. The summed E-state index contributed by atoms with van der Waals surface area (Å²) in [5.74, 6) is -1.62. The Morgan fingerprint density at radius 3 is 2.18 bits per heavy atom. The number of benzene rings is 1. The van der Waals surface area contributed by atoms with Crippen molar-refractivity contribution in [1.82, 2.24) is 19.4 Å². The van der Waals surface area contributed by atoms with Gasteiger partial charge in [-0.25, -0.2) is 19.3 Å². The van der Waals surface area contributed by atoms with Gasteiger partial charge in [0.25, 0.3) is 5.65 Å². The van der Waals surface area contributed by atoms with Crippen molar-refractivity contribution in [2.45, 2.75) is 6.54 Å². The first-order valence-corrected chi connectivity index (χ1v) is 12.0. The van der Waals surface area contributed by atoms with Crippen LogP contribution in [0.3, 0.4) is 0 Å². The van der Waals surface area contributed by atoms with Crippen LogP contribution in [0.4, 0.5) is 8.78 Å². The van der Waals surface area contributed by atoms with Crippen molar-refractivity contribution >= 4 is 5.65 Å². The topological polar surface area (TPSA) is 87.1 Å². The zero-order valence-corrected chi connectivity index (χ0v) is 20.3. The number of hydrogen-bond acceptors (Lipinski definition) is 5. The van der Waals surface area contributed by atoms with E-state index in [1.165, 1.54) is 33.5 Å². The molecular weight excluding hydrogens is 500 g/mol. The Morgan fingerprint density at radius 1 is 0.744 bits per heavy atom. The number of pyridine rings is 4. The van der Waals surface area contributed by atoms with Gasteiger partial charge >= 0.3 is 5.56 Å². The first kappa shape index (κ1) is 24.1. The number of aromatic nitrogens is 5. The Hall–Kier alpha value is -5.31. The summed E-state index contributed by atoms with van der Waals surface area (Å²) in [5.41, 5.74) is 3.79. The van der Waals surface area contributed by atoms with Crippen LogP contribution in [0.25, 0.3) is 39.2 Å². The van der Waals surface area contributed by atoms with Crippen molar-refractivity contribution in [1.29, 1.82) is 0 Å². The zero-order valence-electron chi connectivity index (χ0n) is 20.3. The first-order chi connectivity index (χ1) is 19.0. The summed E-state index contributed by atoms with van der Waals surface area (Å²) < 4.78 is 29.5. The van der Waals surface area contributed by atoms with Crippen molar-refractivity contribution in [3.63, 3.8) is 0 Å². The highest BCUT2D eigenvalue weighted by molar-refractivity contribution is 5.74. The molecule has 190 valence electrons. The third-order valence-corrected chi connectivity index (χ3v) is 6.41. The van der Waals surface area contributed by atoms with Gasteiger partial charge < -0.3 is 5.11 Å². The number of halogens is 2. The van der Waals surface area contributed by atoms with Crippen molar-refractivity contribution in [3.8, 4) is 39.4 Å². The maximum Gasteiger partial charge on any atom is 0.349 e. The highest BCUT2D eigenvalue weighted by Gasteiger charge is 2.20. The van der Waals surface area contributed by atoms with Gasteiger partial charge in [-0.3, -0.25) is 4.98 Å². The van der Waals surface area contributed by atoms with E-state index in [2.05, 4.69) is 15.0 Å². The van der Waals surface area contributed by atoms with Gasteiger partial charge in [-0.05, 0) is 53.6 Å². The lowest BCUT2D eigenvalue weighted by Gasteiger charge is -2.17. The fourth-order valence-electron chi connectivity index (χ4n) is 4.48. The molecule has 0 fully saturated rings. The molecule has 0 aliphatic rings. The maximum absolute atomic E-state index is 13.8. The molecule has 0 radical (unpaired) electrons. The Bertz CT molecular complexity index is 1870. The molecular formula is C30H19F2N5O2. The van der Waals surface area contributed by atoms with E-state index < -0.39 is 23.3 Å². The highest BCUT2D eigenvalue weighted by Crippen LogP contribution is 2.27. The van der Waals surface area contributed by atoms with Gasteiger partial charge in [0.15, 0.2) is 0 Å². The van der Waals surface area contributed by atoms with Gasteiger partial charge in [0.2, 0.25) is 11.9 Å². The van der Waals surface area contributed by atoms with Crippen molar-refractivity contribution in [3.05, 3.63) is 131 Å². The fourth-order valence-corrected chi connectivity index (χ4v) is 4.48. The highest BCUT2D eigenvalue weighted by atomic mass is 19.1. The predicted molar refractivity (Wildman–Crippen MR) is 138 cm³/mol. The van der Waals surface area contributed by atoms with E-state index in [4.69, 9.17) is 0 Å². The van der Waals surface area contributed by atoms with Gasteiger partial charge in [-0.2, -0.15) is 13.2 Å². The van der Waals surface area contributed by atoms with Crippen LogP contribution in [0.5, 0.6) is 5.88 Å². The Morgan fingerprint density at radius 2 is 1.49 bits per heavy atom. The Balaban J connectivity index is 1.44. The fraction of sp³-hybridized carbons (Fsp3) is 0.0333. The SMILES string of the molecule is O=c1c(-c2cccc(-c3ccc(F)nc3)c2)c([O-])[n+](Cc2ccc(-c3ccc(F)nc3)nc2)c2ccccn12. The van der Waals surface area contributed by atoms with Gasteiger partial charge in [0.05, 0.1) is 17.8 Å². The Labute approximate surface area is 221 Å². The molecule has 0 bridgehead atoms. The summed E-state index contributed by atoms with van der Waals surface area (Å²) in [5, 5.41) is 13.8. The second-order valence-corrected chi connectivity index (χ2v) is 8.87. The predicted octanol–water partition coefficient (Wildman–Crippen LogP) is 4.17. The smallest absolute Gasteiger partial charge is 0.349 e. The van der Waals surface area contributed by atoms with Crippen LogP contribution in [-0.2, 0) is 6.54 Å². The van der Waals surface area contributed by atoms with Crippen LogP contribution in [0.1, 0.15) is 5.56 Å². The molecule has 6 aromatic rings. The minimum absolute atomic E-state index is 0.0117. The normalized spacial score (nSPS) is 11.1. The lowest BCUT2D eigenvalue weighted by atomic mass is 10.0. The van der Waals surface area contributed by atoms with Gasteiger partial charge in [-0.1, -0.05) is 30.3 Å². The minimum atomic E-state index is -0.595. The maximum atomic E-state index is 13.8. The average Bonchev–Trinajstić information content (AvgIpc) is 2.97. The van der Waals surface area contributed by atoms with E-state index in [0.717, 1.165) is 5.56 Å². The molecule has 0 saturated heterocycles. The summed E-state index contributed by atoms with van der Waals surface area (Å²) >= 11 is 0. The molecule has 0 spiro atoms. The molecule has 9 heteroatoms. The van der Waals surface area contributed by atoms with Crippen LogP contribution in [0, 0.1) is 11.9 Å². The van der Waals surface area contributed by atoms with Crippen molar-refractivity contribution in [2.75, 3.05) is 0 Å². The van der Waals surface area contributed by atoms with E-state index in [-0.39, 0.29) is 12.1 Å². The molecule has 0 aliphatic carbocycles. The third-order valence-electron chi connectivity index (χ3n) is 6.41. The molecule has 0 saturated carbocycles. The number of hydrogen-bond donors (Lipinski definition) is 0. The number of fused-ring (bicyclic) bond motifs is 1. The third kappa shape index (κ3) is 4.61. The average molecular weight is 520 g/mol. The lowest BCUT2D eigenvalue weighted by molar-refractivity contribution is -0.708. The van der Waals surface area contributed by atoms with Crippen LogP contribution >= 0.6 is 0 Å². The van der Waals surface area contributed by atoms with E-state index in [1.807, 2.05) is 6.07 Å². The summed E-state index contributed by atoms with van der Waals surface area (Å²) in [7, 11) is 0. The molecule has 0 aliphatic heterocycles. The number of nitrogens with zero attached hydrogens (tertiary/aromatic N) is 5.